The Morgan fingerprint density at radius 2 is 2.00 bits per heavy atom. The first kappa shape index (κ1) is 18.2. The predicted molar refractivity (Wildman–Crippen MR) is 98.9 cm³/mol. The van der Waals surface area contributed by atoms with Crippen LogP contribution in [-0.4, -0.2) is 22.4 Å². The Kier molecular flexibility index (Phi) is 6.55. The van der Waals surface area contributed by atoms with Crippen LogP contribution < -0.4 is 10.6 Å². The van der Waals surface area contributed by atoms with E-state index in [1.807, 2.05) is 13.0 Å². The van der Waals surface area contributed by atoms with Gasteiger partial charge in [0, 0.05) is 23.3 Å². The lowest BCUT2D eigenvalue weighted by Gasteiger charge is -2.11. The lowest BCUT2D eigenvalue weighted by molar-refractivity contribution is 0.102. The van der Waals surface area contributed by atoms with E-state index >= 15 is 0 Å². The fourth-order valence-corrected chi connectivity index (χ4v) is 2.47. The molecular formula is C18H23ClN4O. The summed E-state index contributed by atoms with van der Waals surface area (Å²) in [7, 11) is 0. The lowest BCUT2D eigenvalue weighted by Crippen LogP contribution is -2.16. The van der Waals surface area contributed by atoms with E-state index in [0.717, 1.165) is 24.9 Å². The molecule has 0 saturated heterocycles. The Balaban J connectivity index is 2.11. The lowest BCUT2D eigenvalue weighted by atomic mass is 10.2. The van der Waals surface area contributed by atoms with Gasteiger partial charge >= 0.3 is 0 Å². The van der Waals surface area contributed by atoms with Crippen LogP contribution in [0.25, 0.3) is 0 Å². The second-order valence-corrected chi connectivity index (χ2v) is 6.09. The van der Waals surface area contributed by atoms with Gasteiger partial charge in [-0.3, -0.25) is 4.79 Å². The second kappa shape index (κ2) is 8.64. The zero-order chi connectivity index (χ0) is 17.5. The highest BCUT2D eigenvalue weighted by Crippen LogP contribution is 2.23. The largest absolute Gasteiger partial charge is 0.370 e. The molecule has 0 bridgehead atoms. The molecule has 0 unspecified atom stereocenters. The van der Waals surface area contributed by atoms with Crippen molar-refractivity contribution in [3.63, 3.8) is 0 Å². The van der Waals surface area contributed by atoms with Gasteiger partial charge in [-0.1, -0.05) is 37.4 Å². The fraction of sp³-hybridized carbons (Fsp3) is 0.389. The maximum atomic E-state index is 12.5. The zero-order valence-electron chi connectivity index (χ0n) is 14.3. The predicted octanol–water partition coefficient (Wildman–Crippen LogP) is 4.60. The van der Waals surface area contributed by atoms with Crippen LogP contribution in [0.3, 0.4) is 0 Å². The summed E-state index contributed by atoms with van der Waals surface area (Å²) in [6.45, 7) is 6.64. The molecule has 0 radical (unpaired) electrons. The molecule has 1 amide bonds. The van der Waals surface area contributed by atoms with Crippen LogP contribution in [0.15, 0.2) is 24.3 Å². The second-order valence-electron chi connectivity index (χ2n) is 5.69. The number of rotatable bonds is 7. The van der Waals surface area contributed by atoms with Gasteiger partial charge in [-0.25, -0.2) is 9.97 Å². The van der Waals surface area contributed by atoms with Crippen molar-refractivity contribution in [1.82, 2.24) is 9.97 Å². The number of aryl methyl sites for hydroxylation is 1. The van der Waals surface area contributed by atoms with E-state index in [1.54, 1.807) is 25.1 Å². The number of halogens is 1. The summed E-state index contributed by atoms with van der Waals surface area (Å²) in [6.07, 6.45) is 3.40. The molecule has 0 atom stereocenters. The highest BCUT2D eigenvalue weighted by molar-refractivity contribution is 6.31. The molecule has 2 rings (SSSR count). The van der Waals surface area contributed by atoms with Gasteiger partial charge in [0.05, 0.1) is 0 Å². The minimum absolute atomic E-state index is 0.275. The average Bonchev–Trinajstić information content (AvgIpc) is 2.55. The van der Waals surface area contributed by atoms with Gasteiger partial charge in [-0.05, 0) is 38.0 Å². The van der Waals surface area contributed by atoms with E-state index < -0.39 is 0 Å². The van der Waals surface area contributed by atoms with Crippen LogP contribution in [0.4, 0.5) is 11.5 Å². The number of amides is 1. The van der Waals surface area contributed by atoms with Gasteiger partial charge < -0.3 is 10.6 Å². The van der Waals surface area contributed by atoms with E-state index in [2.05, 4.69) is 27.5 Å². The zero-order valence-corrected chi connectivity index (χ0v) is 15.1. The molecule has 2 aromatic rings. The van der Waals surface area contributed by atoms with Crippen LogP contribution in [0, 0.1) is 13.8 Å². The Labute approximate surface area is 147 Å². The first-order valence-electron chi connectivity index (χ1n) is 8.17. The highest BCUT2D eigenvalue weighted by Gasteiger charge is 2.12. The number of nitrogens with one attached hydrogen (secondary N) is 2. The van der Waals surface area contributed by atoms with E-state index in [1.165, 1.54) is 6.42 Å². The topological polar surface area (TPSA) is 66.9 Å². The van der Waals surface area contributed by atoms with Gasteiger partial charge in [-0.2, -0.15) is 0 Å². The van der Waals surface area contributed by atoms with E-state index in [-0.39, 0.29) is 5.91 Å². The molecule has 128 valence electrons. The minimum Gasteiger partial charge on any atom is -0.370 e. The minimum atomic E-state index is -0.275. The number of anilines is 2. The Morgan fingerprint density at radius 3 is 2.75 bits per heavy atom. The van der Waals surface area contributed by atoms with Crippen molar-refractivity contribution in [2.24, 2.45) is 0 Å². The number of nitrogens with zero attached hydrogens (tertiary/aromatic N) is 2. The fourth-order valence-electron chi connectivity index (χ4n) is 2.30. The molecule has 1 aromatic heterocycles. The van der Waals surface area contributed by atoms with Crippen molar-refractivity contribution in [3.8, 4) is 0 Å². The number of carbonyl (C=O) groups excluding carboxylic acids is 1. The molecule has 2 N–H and O–H groups in total. The molecule has 0 saturated carbocycles. The van der Waals surface area contributed by atoms with Crippen LogP contribution in [-0.2, 0) is 0 Å². The van der Waals surface area contributed by atoms with Gasteiger partial charge in [0.15, 0.2) is 0 Å². The van der Waals surface area contributed by atoms with Crippen molar-refractivity contribution < 1.29 is 4.79 Å². The normalized spacial score (nSPS) is 10.5. The van der Waals surface area contributed by atoms with Crippen LogP contribution in [0.5, 0.6) is 0 Å². The Morgan fingerprint density at radius 1 is 1.21 bits per heavy atom. The number of benzene rings is 1. The number of aromatic nitrogens is 2. The summed E-state index contributed by atoms with van der Waals surface area (Å²) in [5.41, 5.74) is 1.84. The summed E-state index contributed by atoms with van der Waals surface area (Å²) in [5.74, 6) is 0.956. The smallest absolute Gasteiger partial charge is 0.274 e. The number of hydrogen-bond acceptors (Lipinski definition) is 4. The molecule has 0 aliphatic rings. The van der Waals surface area contributed by atoms with Crippen molar-refractivity contribution in [3.05, 3.63) is 46.4 Å². The van der Waals surface area contributed by atoms with Gasteiger partial charge in [0.1, 0.15) is 17.3 Å². The molecule has 0 aliphatic heterocycles. The van der Waals surface area contributed by atoms with Gasteiger partial charge in [0.2, 0.25) is 0 Å². The molecule has 0 spiro atoms. The molecule has 1 heterocycles. The maximum Gasteiger partial charge on any atom is 0.274 e. The van der Waals surface area contributed by atoms with Crippen LogP contribution in [0.1, 0.15) is 48.1 Å². The van der Waals surface area contributed by atoms with Crippen molar-refractivity contribution >= 4 is 29.0 Å². The first-order valence-corrected chi connectivity index (χ1v) is 8.55. The summed E-state index contributed by atoms with van der Waals surface area (Å²) >= 11 is 6.09. The summed E-state index contributed by atoms with van der Waals surface area (Å²) in [5, 5.41) is 6.72. The Hall–Kier alpha value is -2.14. The van der Waals surface area contributed by atoms with Gasteiger partial charge in [0.25, 0.3) is 5.91 Å². The summed E-state index contributed by atoms with van der Waals surface area (Å²) in [4.78, 5) is 21.0. The average molecular weight is 347 g/mol. The van der Waals surface area contributed by atoms with E-state index in [0.29, 0.717) is 28.0 Å². The molecular weight excluding hydrogens is 324 g/mol. The maximum absolute atomic E-state index is 12.5. The molecule has 0 fully saturated rings. The molecule has 6 heteroatoms. The number of unbranched alkanes of at least 4 members (excludes halogenated alkanes) is 2. The standard InChI is InChI=1S/C18H23ClN4O/c1-4-5-6-10-20-17-11-16(21-13(3)22-17)18(24)23-15-9-7-8-14(19)12(15)2/h7-9,11H,4-6,10H2,1-3H3,(H,23,24)(H,20,21,22). The Bertz CT molecular complexity index is 718. The summed E-state index contributed by atoms with van der Waals surface area (Å²) < 4.78 is 0. The monoisotopic (exact) mass is 346 g/mol. The third-order valence-electron chi connectivity index (χ3n) is 3.67. The number of hydrogen-bond donors (Lipinski definition) is 2. The van der Waals surface area contributed by atoms with Crippen LogP contribution in [0.2, 0.25) is 5.02 Å². The van der Waals surface area contributed by atoms with Gasteiger partial charge in [-0.15, -0.1) is 0 Å². The van der Waals surface area contributed by atoms with Crippen molar-refractivity contribution in [1.29, 1.82) is 0 Å². The van der Waals surface area contributed by atoms with Crippen molar-refractivity contribution in [2.75, 3.05) is 17.2 Å². The highest BCUT2D eigenvalue weighted by atomic mass is 35.5. The summed E-state index contributed by atoms with van der Waals surface area (Å²) in [6, 6.07) is 7.09. The first-order chi connectivity index (χ1) is 11.5. The third-order valence-corrected chi connectivity index (χ3v) is 4.08. The van der Waals surface area contributed by atoms with Crippen molar-refractivity contribution in [2.45, 2.75) is 40.0 Å². The molecule has 24 heavy (non-hydrogen) atoms. The molecule has 1 aromatic carbocycles. The van der Waals surface area contributed by atoms with E-state index in [4.69, 9.17) is 11.6 Å². The van der Waals surface area contributed by atoms with Crippen LogP contribution >= 0.6 is 11.6 Å². The molecule has 5 nitrogen and oxygen atoms in total. The third kappa shape index (κ3) is 4.93. The number of carbonyl (C=O) groups is 1. The SMILES string of the molecule is CCCCCNc1cc(C(=O)Nc2cccc(Cl)c2C)nc(C)n1. The van der Waals surface area contributed by atoms with E-state index in [9.17, 15) is 4.79 Å². The quantitative estimate of drug-likeness (QED) is 0.719. The molecule has 0 aliphatic carbocycles.